The number of carbonyl (C=O) groups is 2. The van der Waals surface area contributed by atoms with Crippen molar-refractivity contribution in [2.45, 2.75) is 6.42 Å². The number of carbonyl (C=O) groups excluding carboxylic acids is 2. The predicted molar refractivity (Wildman–Crippen MR) is 88.2 cm³/mol. The molecule has 9 nitrogen and oxygen atoms in total. The number of rotatable bonds is 5. The van der Waals surface area contributed by atoms with Gasteiger partial charge in [-0.2, -0.15) is 5.10 Å². The first-order valence-corrected chi connectivity index (χ1v) is 7.43. The van der Waals surface area contributed by atoms with Crippen LogP contribution in [0.5, 0.6) is 0 Å². The second-order valence-corrected chi connectivity index (χ2v) is 5.34. The molecule has 3 rings (SSSR count). The minimum atomic E-state index is -0.563. The SMILES string of the molecule is COC(=O)c1cn(-c2cccc(NC(=O)Cc3cnn(C)c3)c2)nn1. The second-order valence-electron chi connectivity index (χ2n) is 5.34. The van der Waals surface area contributed by atoms with Gasteiger partial charge in [0.2, 0.25) is 5.91 Å². The van der Waals surface area contributed by atoms with Crippen LogP contribution in [-0.2, 0) is 23.0 Å². The molecule has 0 radical (unpaired) electrons. The fourth-order valence-corrected chi connectivity index (χ4v) is 2.27. The van der Waals surface area contributed by atoms with Gasteiger partial charge in [-0.1, -0.05) is 11.3 Å². The maximum atomic E-state index is 12.1. The summed E-state index contributed by atoms with van der Waals surface area (Å²) in [6.07, 6.45) is 5.13. The van der Waals surface area contributed by atoms with Crippen molar-refractivity contribution in [3.05, 3.63) is 54.1 Å². The van der Waals surface area contributed by atoms with E-state index in [2.05, 4.69) is 25.5 Å². The number of aromatic nitrogens is 5. The molecule has 0 aliphatic heterocycles. The number of anilines is 1. The summed E-state index contributed by atoms with van der Waals surface area (Å²) in [7, 11) is 3.07. The van der Waals surface area contributed by atoms with E-state index in [0.29, 0.717) is 11.4 Å². The molecular weight excluding hydrogens is 324 g/mol. The molecule has 9 heteroatoms. The standard InChI is InChI=1S/C16H16N6O3/c1-21-9-11(8-17-21)6-15(23)18-12-4-3-5-13(7-12)22-10-14(19-20-22)16(24)25-2/h3-5,7-10H,6H2,1-2H3,(H,18,23). The van der Waals surface area contributed by atoms with Gasteiger partial charge in [-0.15, -0.1) is 5.10 Å². The van der Waals surface area contributed by atoms with Crippen LogP contribution in [-0.4, -0.2) is 43.8 Å². The summed E-state index contributed by atoms with van der Waals surface area (Å²) in [5.74, 6) is -0.717. The maximum absolute atomic E-state index is 12.1. The normalized spacial score (nSPS) is 10.5. The zero-order valence-corrected chi connectivity index (χ0v) is 13.7. The number of aryl methyl sites for hydroxylation is 1. The average molecular weight is 340 g/mol. The van der Waals surface area contributed by atoms with Crippen LogP contribution < -0.4 is 5.32 Å². The minimum Gasteiger partial charge on any atom is -0.464 e. The van der Waals surface area contributed by atoms with Crippen LogP contribution >= 0.6 is 0 Å². The number of ether oxygens (including phenoxy) is 1. The van der Waals surface area contributed by atoms with Crippen LogP contribution in [0.2, 0.25) is 0 Å². The summed E-state index contributed by atoms with van der Waals surface area (Å²) < 4.78 is 7.68. The average Bonchev–Trinajstić information content (AvgIpc) is 3.23. The number of hydrogen-bond donors (Lipinski definition) is 1. The van der Waals surface area contributed by atoms with E-state index < -0.39 is 5.97 Å². The van der Waals surface area contributed by atoms with E-state index in [1.165, 1.54) is 18.0 Å². The van der Waals surface area contributed by atoms with Gasteiger partial charge in [-0.25, -0.2) is 9.48 Å². The molecule has 2 heterocycles. The third kappa shape index (κ3) is 3.89. The van der Waals surface area contributed by atoms with E-state index in [-0.39, 0.29) is 18.0 Å². The monoisotopic (exact) mass is 340 g/mol. The second kappa shape index (κ2) is 6.95. The van der Waals surface area contributed by atoms with Gasteiger partial charge in [0.25, 0.3) is 0 Å². The lowest BCUT2D eigenvalue weighted by Crippen LogP contribution is -2.14. The van der Waals surface area contributed by atoms with Gasteiger partial charge < -0.3 is 10.1 Å². The van der Waals surface area contributed by atoms with Crippen LogP contribution in [0.1, 0.15) is 16.1 Å². The number of nitrogens with zero attached hydrogens (tertiary/aromatic N) is 5. The predicted octanol–water partition coefficient (Wildman–Crippen LogP) is 0.969. The van der Waals surface area contributed by atoms with Gasteiger partial charge in [-0.05, 0) is 23.8 Å². The van der Waals surface area contributed by atoms with Gasteiger partial charge in [0, 0.05) is 18.9 Å². The van der Waals surface area contributed by atoms with Gasteiger partial charge in [0.15, 0.2) is 5.69 Å². The highest BCUT2D eigenvalue weighted by Gasteiger charge is 2.12. The molecule has 25 heavy (non-hydrogen) atoms. The Morgan fingerprint density at radius 3 is 2.84 bits per heavy atom. The molecule has 1 N–H and O–H groups in total. The van der Waals surface area contributed by atoms with Gasteiger partial charge in [0.1, 0.15) is 0 Å². The molecule has 0 saturated carbocycles. The van der Waals surface area contributed by atoms with Gasteiger partial charge >= 0.3 is 5.97 Å². The number of hydrogen-bond acceptors (Lipinski definition) is 6. The summed E-state index contributed by atoms with van der Waals surface area (Å²) in [6.45, 7) is 0. The van der Waals surface area contributed by atoms with E-state index in [0.717, 1.165) is 5.56 Å². The van der Waals surface area contributed by atoms with E-state index in [1.54, 1.807) is 48.4 Å². The summed E-state index contributed by atoms with van der Waals surface area (Å²) in [6, 6.07) is 7.06. The maximum Gasteiger partial charge on any atom is 0.360 e. The minimum absolute atomic E-state index is 0.105. The topological polar surface area (TPSA) is 104 Å². The van der Waals surface area contributed by atoms with Crippen molar-refractivity contribution in [1.82, 2.24) is 24.8 Å². The van der Waals surface area contributed by atoms with E-state index in [1.807, 2.05) is 0 Å². The molecule has 1 aromatic carbocycles. The van der Waals surface area contributed by atoms with Crippen molar-refractivity contribution >= 4 is 17.6 Å². The molecule has 128 valence electrons. The van der Waals surface area contributed by atoms with Crippen LogP contribution in [0.4, 0.5) is 5.69 Å². The Kier molecular flexibility index (Phi) is 4.55. The third-order valence-corrected chi connectivity index (χ3v) is 3.41. The zero-order chi connectivity index (χ0) is 17.8. The molecular formula is C16H16N6O3. The Morgan fingerprint density at radius 1 is 1.28 bits per heavy atom. The number of nitrogens with one attached hydrogen (secondary N) is 1. The number of amides is 1. The van der Waals surface area contributed by atoms with Crippen molar-refractivity contribution in [2.24, 2.45) is 7.05 Å². The molecule has 0 unspecified atom stereocenters. The molecule has 2 aromatic heterocycles. The lowest BCUT2D eigenvalue weighted by molar-refractivity contribution is -0.115. The largest absolute Gasteiger partial charge is 0.464 e. The Balaban J connectivity index is 1.71. The smallest absolute Gasteiger partial charge is 0.360 e. The highest BCUT2D eigenvalue weighted by Crippen LogP contribution is 2.15. The number of esters is 1. The molecule has 0 saturated heterocycles. The first kappa shape index (κ1) is 16.4. The fraction of sp³-hybridized carbons (Fsp3) is 0.188. The lowest BCUT2D eigenvalue weighted by Gasteiger charge is -2.06. The molecule has 0 atom stereocenters. The zero-order valence-electron chi connectivity index (χ0n) is 13.7. The van der Waals surface area contributed by atoms with Crippen molar-refractivity contribution < 1.29 is 14.3 Å². The molecule has 0 aliphatic rings. The summed E-state index contributed by atoms with van der Waals surface area (Å²) in [5.41, 5.74) is 2.20. The van der Waals surface area contributed by atoms with Gasteiger partial charge in [-0.3, -0.25) is 9.48 Å². The fourth-order valence-electron chi connectivity index (χ4n) is 2.27. The van der Waals surface area contributed by atoms with Crippen LogP contribution in [0.15, 0.2) is 42.9 Å². The van der Waals surface area contributed by atoms with E-state index in [4.69, 9.17) is 0 Å². The molecule has 3 aromatic rings. The van der Waals surface area contributed by atoms with Crippen molar-refractivity contribution in [1.29, 1.82) is 0 Å². The highest BCUT2D eigenvalue weighted by molar-refractivity contribution is 5.92. The first-order valence-electron chi connectivity index (χ1n) is 7.43. The Hall–Kier alpha value is -3.49. The van der Waals surface area contributed by atoms with Crippen LogP contribution in [0.25, 0.3) is 5.69 Å². The molecule has 0 aliphatic carbocycles. The summed E-state index contributed by atoms with van der Waals surface area (Å²) in [4.78, 5) is 23.6. The van der Waals surface area contributed by atoms with Crippen LogP contribution in [0.3, 0.4) is 0 Å². The third-order valence-electron chi connectivity index (χ3n) is 3.41. The molecule has 0 bridgehead atoms. The summed E-state index contributed by atoms with van der Waals surface area (Å²) in [5, 5.41) is 14.5. The van der Waals surface area contributed by atoms with Crippen molar-refractivity contribution in [3.8, 4) is 5.69 Å². The Bertz CT molecular complexity index is 914. The van der Waals surface area contributed by atoms with Crippen molar-refractivity contribution in [2.75, 3.05) is 12.4 Å². The molecule has 0 fully saturated rings. The van der Waals surface area contributed by atoms with Crippen molar-refractivity contribution in [3.63, 3.8) is 0 Å². The number of methoxy groups -OCH3 is 1. The first-order chi connectivity index (χ1) is 12.0. The summed E-state index contributed by atoms with van der Waals surface area (Å²) >= 11 is 0. The Morgan fingerprint density at radius 2 is 2.12 bits per heavy atom. The lowest BCUT2D eigenvalue weighted by atomic mass is 10.2. The molecule has 1 amide bonds. The van der Waals surface area contributed by atoms with E-state index >= 15 is 0 Å². The highest BCUT2D eigenvalue weighted by atomic mass is 16.5. The van der Waals surface area contributed by atoms with E-state index in [9.17, 15) is 9.59 Å². The molecule has 0 spiro atoms. The quantitative estimate of drug-likeness (QED) is 0.694. The number of benzene rings is 1. The Labute approximate surface area is 143 Å². The van der Waals surface area contributed by atoms with Crippen LogP contribution in [0, 0.1) is 0 Å². The van der Waals surface area contributed by atoms with Gasteiger partial charge in [0.05, 0.1) is 31.6 Å².